The number of nitrogens with zero attached hydrogens (tertiary/aromatic N) is 2. The highest BCUT2D eigenvalue weighted by atomic mass is 19.4. The van der Waals surface area contributed by atoms with Crippen LogP contribution >= 0.6 is 0 Å². The van der Waals surface area contributed by atoms with Gasteiger partial charge in [0.15, 0.2) is 0 Å². The number of benzene rings is 2. The summed E-state index contributed by atoms with van der Waals surface area (Å²) in [5.41, 5.74) is 6.39. The van der Waals surface area contributed by atoms with Crippen molar-refractivity contribution in [1.29, 1.82) is 5.41 Å². The number of amides is 3. The highest BCUT2D eigenvalue weighted by Gasteiger charge is 2.39. The van der Waals surface area contributed by atoms with Gasteiger partial charge in [0.05, 0.1) is 17.2 Å². The summed E-state index contributed by atoms with van der Waals surface area (Å²) < 4.78 is 42.7. The molecule has 4 rings (SSSR count). The average molecular weight is 504 g/mol. The molecule has 3 amide bonds. The van der Waals surface area contributed by atoms with Crippen molar-refractivity contribution in [1.82, 2.24) is 9.47 Å². The molecule has 0 radical (unpaired) electrons. The number of aromatic nitrogens is 1. The minimum atomic E-state index is -4.87. The molecule has 1 saturated heterocycles. The van der Waals surface area contributed by atoms with Crippen molar-refractivity contribution in [3.05, 3.63) is 54.7 Å². The maximum absolute atomic E-state index is 13.2. The molecule has 10 nitrogen and oxygen atoms in total. The Morgan fingerprint density at radius 1 is 1.22 bits per heavy atom. The van der Waals surface area contributed by atoms with Gasteiger partial charge < -0.3 is 36.5 Å². The lowest BCUT2D eigenvalue weighted by atomic mass is 10.1. The van der Waals surface area contributed by atoms with Crippen LogP contribution < -0.4 is 21.1 Å². The van der Waals surface area contributed by atoms with Crippen LogP contribution in [0.5, 0.6) is 5.75 Å². The number of likely N-dealkylation sites (tertiary alicyclic amines) is 1. The number of nitrogens with one attached hydrogen (secondary N) is 3. The number of halogens is 3. The summed E-state index contributed by atoms with van der Waals surface area (Å²) in [6.07, 6.45) is -3.43. The molecule has 2 heterocycles. The van der Waals surface area contributed by atoms with Crippen LogP contribution in [0.2, 0.25) is 0 Å². The number of rotatable bonds is 6. The van der Waals surface area contributed by atoms with E-state index in [-0.39, 0.29) is 24.6 Å². The Balaban J connectivity index is 1.53. The number of urea groups is 1. The first-order valence-corrected chi connectivity index (χ1v) is 10.8. The largest absolute Gasteiger partial charge is 0.573 e. The molecule has 3 aromatic rings. The van der Waals surface area contributed by atoms with Crippen molar-refractivity contribution in [2.24, 2.45) is 11.7 Å². The van der Waals surface area contributed by atoms with E-state index >= 15 is 0 Å². The van der Waals surface area contributed by atoms with E-state index < -0.39 is 36.4 Å². The van der Waals surface area contributed by atoms with E-state index in [0.717, 1.165) is 12.1 Å². The molecule has 1 aliphatic heterocycles. The van der Waals surface area contributed by atoms with Gasteiger partial charge in [-0.05, 0) is 24.6 Å². The monoisotopic (exact) mass is 504 g/mol. The molecule has 0 saturated carbocycles. The lowest BCUT2D eigenvalue weighted by molar-refractivity contribution is -0.274. The minimum Gasteiger partial charge on any atom is -0.406 e. The summed E-state index contributed by atoms with van der Waals surface area (Å²) >= 11 is 0. The second kappa shape index (κ2) is 9.77. The number of primary amides is 1. The molecule has 0 spiro atoms. The van der Waals surface area contributed by atoms with E-state index in [4.69, 9.17) is 11.1 Å². The molecular formula is C23H23F3N6O4. The Hall–Kier alpha value is -4.26. The topological polar surface area (TPSA) is 146 Å². The predicted octanol–water partition coefficient (Wildman–Crippen LogP) is 3.77. The van der Waals surface area contributed by atoms with Gasteiger partial charge in [-0.3, -0.25) is 4.57 Å². The zero-order valence-corrected chi connectivity index (χ0v) is 18.7. The number of aliphatic hydroxyl groups is 1. The number of carbonyl (C=O) groups excluding carboxylic acids is 2. The van der Waals surface area contributed by atoms with E-state index in [1.165, 1.54) is 34.0 Å². The van der Waals surface area contributed by atoms with E-state index in [2.05, 4.69) is 15.4 Å². The lowest BCUT2D eigenvalue weighted by Crippen LogP contribution is -2.47. The van der Waals surface area contributed by atoms with Gasteiger partial charge >= 0.3 is 18.4 Å². The van der Waals surface area contributed by atoms with Crippen LogP contribution in [0.4, 0.5) is 34.1 Å². The summed E-state index contributed by atoms with van der Waals surface area (Å²) in [7, 11) is 0. The first-order chi connectivity index (χ1) is 17.1. The van der Waals surface area contributed by atoms with Crippen LogP contribution in [0.3, 0.4) is 0 Å². The average Bonchev–Trinajstić information content (AvgIpc) is 3.41. The number of carbonyl (C=O) groups is 2. The number of para-hydroxylation sites is 1. The molecular weight excluding hydrogens is 481 g/mol. The first-order valence-electron chi connectivity index (χ1n) is 10.8. The number of nitrogens with two attached hydrogens (primary N) is 1. The molecule has 2 aromatic carbocycles. The van der Waals surface area contributed by atoms with Crippen LogP contribution in [-0.2, 0) is 0 Å². The van der Waals surface area contributed by atoms with Gasteiger partial charge in [0.2, 0.25) is 0 Å². The molecule has 6 N–H and O–H groups in total. The smallest absolute Gasteiger partial charge is 0.406 e. The molecule has 190 valence electrons. The quantitative estimate of drug-likeness (QED) is 0.256. The second-order valence-corrected chi connectivity index (χ2v) is 8.25. The number of ether oxygens (including phenoxy) is 1. The number of alkyl halides is 3. The Labute approximate surface area is 202 Å². The van der Waals surface area contributed by atoms with Crippen LogP contribution in [0, 0.1) is 11.3 Å². The Kier molecular flexibility index (Phi) is 6.75. The number of anilines is 2. The van der Waals surface area contributed by atoms with E-state index in [1.54, 1.807) is 24.3 Å². The Morgan fingerprint density at radius 3 is 2.67 bits per heavy atom. The summed E-state index contributed by atoms with van der Waals surface area (Å²) in [6, 6.07) is 9.65. The maximum Gasteiger partial charge on any atom is 0.573 e. The predicted molar refractivity (Wildman–Crippen MR) is 126 cm³/mol. The summed E-state index contributed by atoms with van der Waals surface area (Å²) in [5, 5.41) is 24.4. The van der Waals surface area contributed by atoms with Gasteiger partial charge in [-0.15, -0.1) is 13.2 Å². The summed E-state index contributed by atoms with van der Waals surface area (Å²) in [4.78, 5) is 26.3. The van der Waals surface area contributed by atoms with Crippen molar-refractivity contribution >= 4 is 40.6 Å². The van der Waals surface area contributed by atoms with Crippen LogP contribution in [0.25, 0.3) is 10.9 Å². The normalized spacial score (nSPS) is 18.6. The number of hydrogen-bond acceptors (Lipinski definition) is 6. The number of fused-ring (bicyclic) bond motifs is 1. The van der Waals surface area contributed by atoms with Gasteiger partial charge in [-0.25, -0.2) is 9.59 Å². The molecule has 13 heteroatoms. The molecule has 1 aliphatic rings. The Bertz CT molecular complexity index is 1290. The third-order valence-electron chi connectivity index (χ3n) is 5.81. The summed E-state index contributed by atoms with van der Waals surface area (Å²) in [6.45, 7) is 0.129. The van der Waals surface area contributed by atoms with Gasteiger partial charge in [-0.2, -0.15) is 0 Å². The molecule has 0 aliphatic carbocycles. The number of hydrogen-bond donors (Lipinski definition) is 5. The third-order valence-corrected chi connectivity index (χ3v) is 5.81. The second-order valence-electron chi connectivity index (χ2n) is 8.25. The summed E-state index contributed by atoms with van der Waals surface area (Å²) in [5.74, 6) is -0.812. The first kappa shape index (κ1) is 24.9. The molecule has 36 heavy (non-hydrogen) atoms. The highest BCUT2D eigenvalue weighted by molar-refractivity contribution is 6.04. The van der Waals surface area contributed by atoms with Crippen molar-refractivity contribution in [2.45, 2.75) is 25.1 Å². The highest BCUT2D eigenvalue weighted by Crippen LogP contribution is 2.30. The van der Waals surface area contributed by atoms with Crippen LogP contribution in [-0.4, -0.2) is 58.0 Å². The zero-order chi connectivity index (χ0) is 26.0. The SMILES string of the molecule is N=C[C@@H]1C[C@@H](C(O)Nc2cccc(OC(F)(F)F)c2)N(C(=O)Nc2cn(C(N)=O)c3ccccc23)C1. The Morgan fingerprint density at radius 2 is 1.97 bits per heavy atom. The number of aliphatic hydroxyl groups excluding tert-OH is 1. The fourth-order valence-corrected chi connectivity index (χ4v) is 4.25. The van der Waals surface area contributed by atoms with Crippen LogP contribution in [0.15, 0.2) is 54.7 Å². The lowest BCUT2D eigenvalue weighted by Gasteiger charge is -2.29. The fourth-order valence-electron chi connectivity index (χ4n) is 4.25. The van der Waals surface area contributed by atoms with E-state index in [0.29, 0.717) is 16.6 Å². The molecule has 1 unspecified atom stereocenters. The van der Waals surface area contributed by atoms with E-state index in [1.807, 2.05) is 0 Å². The van der Waals surface area contributed by atoms with Crippen molar-refractivity contribution in [2.75, 3.05) is 17.2 Å². The van der Waals surface area contributed by atoms with Gasteiger partial charge in [0.1, 0.15) is 12.0 Å². The van der Waals surface area contributed by atoms with Crippen LogP contribution in [0.1, 0.15) is 6.42 Å². The van der Waals surface area contributed by atoms with E-state index in [9.17, 15) is 27.9 Å². The molecule has 3 atom stereocenters. The molecule has 1 fully saturated rings. The standard InChI is InChI=1S/C23H23F3N6O4/c24-23(25,26)36-15-5-3-4-14(9-15)29-20(33)19-8-13(10-27)11-32(19)22(35)30-17-12-31(21(28)34)18-7-2-1-6-16(17)18/h1-7,9-10,12-13,19-20,27,29,33H,8,11H2,(H2,28,34)(H,30,35)/t13-,19-,20?/m0/s1. The van der Waals surface area contributed by atoms with Gasteiger partial charge in [0.25, 0.3) is 0 Å². The van der Waals surface area contributed by atoms with Gasteiger partial charge in [-0.1, -0.05) is 24.3 Å². The van der Waals surface area contributed by atoms with Crippen molar-refractivity contribution < 1.29 is 32.6 Å². The van der Waals surface area contributed by atoms with Crippen molar-refractivity contribution in [3.63, 3.8) is 0 Å². The zero-order valence-electron chi connectivity index (χ0n) is 18.7. The fraction of sp³-hybridized carbons (Fsp3) is 0.261. The maximum atomic E-state index is 13.2. The molecule has 0 bridgehead atoms. The minimum absolute atomic E-state index is 0.129. The van der Waals surface area contributed by atoms with Crippen molar-refractivity contribution in [3.8, 4) is 5.75 Å². The molecule has 1 aromatic heterocycles. The van der Waals surface area contributed by atoms with Gasteiger partial charge in [0, 0.05) is 42.0 Å². The third kappa shape index (κ3) is 5.35.